The van der Waals surface area contributed by atoms with Crippen LogP contribution in [-0.4, -0.2) is 32.9 Å². The van der Waals surface area contributed by atoms with Crippen molar-refractivity contribution in [2.75, 3.05) is 38.9 Å². The molecule has 0 amide bonds. The van der Waals surface area contributed by atoms with Crippen molar-refractivity contribution in [3.8, 4) is 17.2 Å². The number of hydrogen-bond acceptors (Lipinski definition) is 7. The second kappa shape index (κ2) is 5.66. The minimum absolute atomic E-state index is 0.0997. The van der Waals surface area contributed by atoms with Gasteiger partial charge in [0, 0.05) is 6.61 Å². The van der Waals surface area contributed by atoms with Crippen LogP contribution < -0.4 is 25.7 Å². The molecule has 1 aliphatic rings. The summed E-state index contributed by atoms with van der Waals surface area (Å²) in [6.07, 6.45) is 0. The normalized spacial score (nSPS) is 17.5. The average molecular weight is 286 g/mol. The zero-order chi connectivity index (χ0) is 14.0. The summed E-state index contributed by atoms with van der Waals surface area (Å²) in [7, 11) is 3.04. The fourth-order valence-electron chi connectivity index (χ4n) is 1.95. The van der Waals surface area contributed by atoms with Crippen molar-refractivity contribution in [2.45, 2.75) is 17.3 Å². The summed E-state index contributed by atoms with van der Waals surface area (Å²) < 4.78 is 21.7. The van der Waals surface area contributed by atoms with E-state index in [9.17, 15) is 0 Å². The Morgan fingerprint density at radius 3 is 2.42 bits per heavy atom. The Balaban J connectivity index is 2.49. The maximum atomic E-state index is 6.10. The fourth-order valence-corrected chi connectivity index (χ4v) is 3.04. The van der Waals surface area contributed by atoms with Gasteiger partial charge in [-0.05, 0) is 6.92 Å². The Morgan fingerprint density at radius 2 is 1.84 bits per heavy atom. The van der Waals surface area contributed by atoms with E-state index in [-0.39, 0.29) is 5.44 Å². The summed E-state index contributed by atoms with van der Waals surface area (Å²) in [5.41, 5.74) is 12.9. The number of ether oxygens (including phenoxy) is 4. The van der Waals surface area contributed by atoms with E-state index < -0.39 is 0 Å². The molecule has 19 heavy (non-hydrogen) atoms. The summed E-state index contributed by atoms with van der Waals surface area (Å²) in [6.45, 7) is 2.96. The first-order chi connectivity index (χ1) is 9.13. The second-order valence-corrected chi connectivity index (χ2v) is 5.04. The third kappa shape index (κ3) is 2.35. The third-order valence-electron chi connectivity index (χ3n) is 2.76. The van der Waals surface area contributed by atoms with E-state index in [2.05, 4.69) is 0 Å². The van der Waals surface area contributed by atoms with E-state index in [4.69, 9.17) is 30.4 Å². The molecule has 6 nitrogen and oxygen atoms in total. The van der Waals surface area contributed by atoms with Crippen molar-refractivity contribution < 1.29 is 18.9 Å². The van der Waals surface area contributed by atoms with Crippen molar-refractivity contribution in [1.82, 2.24) is 0 Å². The molecule has 7 heteroatoms. The maximum absolute atomic E-state index is 6.10. The van der Waals surface area contributed by atoms with Crippen LogP contribution in [0.2, 0.25) is 0 Å². The van der Waals surface area contributed by atoms with Crippen LogP contribution in [0.1, 0.15) is 6.92 Å². The molecule has 1 aliphatic heterocycles. The number of nitrogen functional groups attached to an aromatic ring is 2. The highest BCUT2D eigenvalue weighted by Crippen LogP contribution is 2.54. The molecule has 2 rings (SSSR count). The quantitative estimate of drug-likeness (QED) is 0.814. The Morgan fingerprint density at radius 1 is 1.21 bits per heavy atom. The Labute approximate surface area is 116 Å². The van der Waals surface area contributed by atoms with Crippen LogP contribution >= 0.6 is 11.8 Å². The lowest BCUT2D eigenvalue weighted by Crippen LogP contribution is -2.23. The Hall–Kier alpha value is -1.47. The molecule has 0 spiro atoms. The van der Waals surface area contributed by atoms with E-state index >= 15 is 0 Å². The van der Waals surface area contributed by atoms with Gasteiger partial charge in [0.15, 0.2) is 17.2 Å². The molecular formula is C12H18N2O4S. The smallest absolute Gasteiger partial charge is 0.189 e. The zero-order valence-corrected chi connectivity index (χ0v) is 12.0. The van der Waals surface area contributed by atoms with Crippen molar-refractivity contribution in [3.05, 3.63) is 0 Å². The number of methoxy groups -OCH3 is 2. The van der Waals surface area contributed by atoms with E-state index in [0.29, 0.717) is 41.8 Å². The molecule has 4 N–H and O–H groups in total. The van der Waals surface area contributed by atoms with Crippen LogP contribution in [0.5, 0.6) is 17.2 Å². The summed E-state index contributed by atoms with van der Waals surface area (Å²) in [5.74, 6) is 1.36. The summed E-state index contributed by atoms with van der Waals surface area (Å²) in [5, 5.41) is 0. The molecular weight excluding hydrogens is 268 g/mol. The van der Waals surface area contributed by atoms with Gasteiger partial charge in [0.25, 0.3) is 0 Å². The fraction of sp³-hybridized carbons (Fsp3) is 0.500. The lowest BCUT2D eigenvalue weighted by atomic mass is 10.2. The van der Waals surface area contributed by atoms with Crippen molar-refractivity contribution in [2.24, 2.45) is 0 Å². The summed E-state index contributed by atoms with van der Waals surface area (Å²) >= 11 is 1.48. The van der Waals surface area contributed by atoms with Crippen LogP contribution in [-0.2, 0) is 4.74 Å². The van der Waals surface area contributed by atoms with Gasteiger partial charge in [-0.1, -0.05) is 11.8 Å². The first kappa shape index (κ1) is 14.0. The first-order valence-electron chi connectivity index (χ1n) is 5.87. The average Bonchev–Trinajstić information content (AvgIpc) is 2.42. The van der Waals surface area contributed by atoms with E-state index in [1.54, 1.807) is 0 Å². The lowest BCUT2D eigenvalue weighted by Gasteiger charge is -2.28. The zero-order valence-electron chi connectivity index (χ0n) is 11.2. The molecule has 0 aliphatic carbocycles. The van der Waals surface area contributed by atoms with Gasteiger partial charge in [0.1, 0.15) is 17.7 Å². The highest BCUT2D eigenvalue weighted by molar-refractivity contribution is 8.00. The number of thioether (sulfide) groups is 1. The first-order valence-corrected chi connectivity index (χ1v) is 6.75. The topological polar surface area (TPSA) is 89.0 Å². The predicted molar refractivity (Wildman–Crippen MR) is 75.1 cm³/mol. The van der Waals surface area contributed by atoms with Crippen molar-refractivity contribution in [3.63, 3.8) is 0 Å². The summed E-state index contributed by atoms with van der Waals surface area (Å²) in [6, 6.07) is 0. The van der Waals surface area contributed by atoms with Gasteiger partial charge in [-0.2, -0.15) is 0 Å². The largest absolute Gasteiger partial charge is 0.491 e. The molecule has 1 aromatic rings. The number of hydrogen-bond donors (Lipinski definition) is 2. The monoisotopic (exact) mass is 286 g/mol. The molecule has 0 saturated carbocycles. The molecule has 0 saturated heterocycles. The summed E-state index contributed by atoms with van der Waals surface area (Å²) in [4.78, 5) is 0.736. The number of benzene rings is 1. The van der Waals surface area contributed by atoms with Crippen LogP contribution in [0.15, 0.2) is 4.90 Å². The maximum Gasteiger partial charge on any atom is 0.189 e. The lowest BCUT2D eigenvalue weighted by molar-refractivity contribution is 0.0806. The number of fused-ring (bicyclic) bond motifs is 1. The van der Waals surface area contributed by atoms with Gasteiger partial charge in [0.2, 0.25) is 0 Å². The molecule has 0 fully saturated rings. The van der Waals surface area contributed by atoms with E-state index in [0.717, 1.165) is 4.90 Å². The van der Waals surface area contributed by atoms with Gasteiger partial charge in [-0.15, -0.1) is 0 Å². The standard InChI is InChI=1S/C12H18N2O4S/c1-4-17-6-5-18-11-7(13)9(15-2)10(16-3)8(14)12(11)19-6/h6H,4-5,13-14H2,1-3H3. The van der Waals surface area contributed by atoms with Crippen molar-refractivity contribution >= 4 is 23.1 Å². The minimum atomic E-state index is -0.0997. The van der Waals surface area contributed by atoms with Gasteiger partial charge in [-0.25, -0.2) is 0 Å². The SMILES string of the molecule is CCOC1COc2c(N)c(OC)c(OC)c(N)c2S1. The molecule has 1 heterocycles. The van der Waals surface area contributed by atoms with Gasteiger partial charge < -0.3 is 30.4 Å². The van der Waals surface area contributed by atoms with Gasteiger partial charge in [0.05, 0.1) is 24.8 Å². The molecule has 0 aromatic heterocycles. The second-order valence-electron chi connectivity index (χ2n) is 3.87. The van der Waals surface area contributed by atoms with Gasteiger partial charge in [-0.3, -0.25) is 0 Å². The molecule has 0 radical (unpaired) electrons. The number of nitrogens with two attached hydrogens (primary N) is 2. The predicted octanol–water partition coefficient (Wildman–Crippen LogP) is 1.72. The Bertz CT molecular complexity index is 482. The molecule has 1 aromatic carbocycles. The van der Waals surface area contributed by atoms with Crippen molar-refractivity contribution in [1.29, 1.82) is 0 Å². The minimum Gasteiger partial charge on any atom is -0.491 e. The molecule has 106 valence electrons. The number of anilines is 2. The van der Waals surface area contributed by atoms with Crippen LogP contribution in [0.25, 0.3) is 0 Å². The highest BCUT2D eigenvalue weighted by atomic mass is 32.2. The molecule has 1 unspecified atom stereocenters. The van der Waals surface area contributed by atoms with Gasteiger partial charge >= 0.3 is 0 Å². The Kier molecular flexibility index (Phi) is 4.16. The highest BCUT2D eigenvalue weighted by Gasteiger charge is 2.30. The van der Waals surface area contributed by atoms with Crippen LogP contribution in [0, 0.1) is 0 Å². The van der Waals surface area contributed by atoms with Crippen LogP contribution in [0.3, 0.4) is 0 Å². The molecule has 0 bridgehead atoms. The van der Waals surface area contributed by atoms with E-state index in [1.165, 1.54) is 26.0 Å². The third-order valence-corrected chi connectivity index (χ3v) is 3.94. The number of rotatable bonds is 4. The molecule has 1 atom stereocenters. The van der Waals surface area contributed by atoms with E-state index in [1.807, 2.05) is 6.92 Å². The van der Waals surface area contributed by atoms with Crippen LogP contribution in [0.4, 0.5) is 11.4 Å².